The zero-order valence-electron chi connectivity index (χ0n) is 17.0. The summed E-state index contributed by atoms with van der Waals surface area (Å²) in [6.07, 6.45) is 0.645. The van der Waals surface area contributed by atoms with Crippen molar-refractivity contribution in [2.24, 2.45) is 0 Å². The van der Waals surface area contributed by atoms with Crippen LogP contribution in [0.5, 0.6) is 5.75 Å². The van der Waals surface area contributed by atoms with E-state index in [4.69, 9.17) is 9.05 Å². The van der Waals surface area contributed by atoms with E-state index in [0.717, 1.165) is 10.1 Å². The number of rotatable bonds is 8. The molecule has 4 N–H and O–H groups in total. The second-order valence-corrected chi connectivity index (χ2v) is 8.91. The molecule has 11 nitrogen and oxygen atoms in total. The molecule has 0 spiro atoms. The van der Waals surface area contributed by atoms with Crippen LogP contribution in [0.15, 0.2) is 44.3 Å². The normalized spacial score (nSPS) is 12.8. The number of anilines is 3. The van der Waals surface area contributed by atoms with Crippen molar-refractivity contribution in [2.45, 2.75) is 31.2 Å². The standard InChI is InChI=1S/C18H23N5O6S/c1-5-12(14-10-9-11(2)28-14)19-17-18(23(25)29-21-17)20-13-7-6-8-15(16(13)24)30(26,27)22(3)4/h6-10,12,20H,5H2,1-4H3,(H2-,19,21,24,25)/p+1/t12-/m1/s1. The number of benzene rings is 1. The molecule has 0 radical (unpaired) electrons. The maximum Gasteiger partial charge on any atom is 0.371 e. The molecule has 0 bridgehead atoms. The van der Waals surface area contributed by atoms with Crippen LogP contribution in [0.4, 0.5) is 17.3 Å². The van der Waals surface area contributed by atoms with Crippen molar-refractivity contribution in [3.63, 3.8) is 0 Å². The third kappa shape index (κ3) is 4.04. The van der Waals surface area contributed by atoms with Crippen LogP contribution in [-0.2, 0) is 10.0 Å². The Balaban J connectivity index is 1.94. The number of nitrogens with zero attached hydrogens (tertiary/aromatic N) is 2. The van der Waals surface area contributed by atoms with Gasteiger partial charge in [0.2, 0.25) is 10.0 Å². The SMILES string of the molecule is CC[C@@H](Nc1[nH]o[n+](=O)c1Nc1cccc(S(=O)(=O)N(C)C)c1O)c1ccc(C)o1. The Morgan fingerprint density at radius 2 is 2.00 bits per heavy atom. The number of aromatic hydroxyl groups is 1. The molecular formula is C18H24N5O6S+. The number of phenols is 1. The fraction of sp³-hybridized carbons (Fsp3) is 0.333. The minimum absolute atomic E-state index is 0.0160. The monoisotopic (exact) mass is 438 g/mol. The van der Waals surface area contributed by atoms with Gasteiger partial charge < -0.3 is 14.8 Å². The summed E-state index contributed by atoms with van der Waals surface area (Å²) in [4.78, 5) is 11.8. The van der Waals surface area contributed by atoms with Gasteiger partial charge in [0.15, 0.2) is 10.3 Å². The molecule has 0 unspecified atom stereocenters. The number of hydrogen-bond donors (Lipinski definition) is 4. The summed E-state index contributed by atoms with van der Waals surface area (Å²) in [6.45, 7) is 3.77. The summed E-state index contributed by atoms with van der Waals surface area (Å²) in [7, 11) is -1.17. The Kier molecular flexibility index (Phi) is 5.89. The summed E-state index contributed by atoms with van der Waals surface area (Å²) in [5.74, 6) is 1.02. The Morgan fingerprint density at radius 3 is 2.60 bits per heavy atom. The second kappa shape index (κ2) is 8.24. The smallest absolute Gasteiger partial charge is 0.371 e. The van der Waals surface area contributed by atoms with E-state index in [1.54, 1.807) is 0 Å². The number of sulfonamides is 1. The summed E-state index contributed by atoms with van der Waals surface area (Å²) >= 11 is 0. The maximum atomic E-state index is 12.4. The molecule has 0 saturated heterocycles. The van der Waals surface area contributed by atoms with Gasteiger partial charge >= 0.3 is 5.82 Å². The number of H-pyrrole nitrogens is 1. The lowest BCUT2D eigenvalue weighted by molar-refractivity contribution is -0.701. The van der Waals surface area contributed by atoms with Gasteiger partial charge in [0.05, 0.1) is 6.04 Å². The van der Waals surface area contributed by atoms with Crippen LogP contribution in [0.3, 0.4) is 0 Å². The molecule has 1 aromatic carbocycles. The van der Waals surface area contributed by atoms with E-state index in [-0.39, 0.29) is 32.9 Å². The molecule has 0 fully saturated rings. The van der Waals surface area contributed by atoms with Gasteiger partial charge in [-0.05, 0) is 42.5 Å². The number of phenolic OH excluding ortho intramolecular Hbond substituents is 1. The highest BCUT2D eigenvalue weighted by Crippen LogP contribution is 2.35. The van der Waals surface area contributed by atoms with Gasteiger partial charge in [0.1, 0.15) is 22.1 Å². The summed E-state index contributed by atoms with van der Waals surface area (Å²) in [6, 6.07) is 7.56. The van der Waals surface area contributed by atoms with Crippen LogP contribution < -0.4 is 15.2 Å². The molecule has 0 aliphatic carbocycles. The second-order valence-electron chi connectivity index (χ2n) is 6.79. The molecule has 0 aliphatic rings. The molecule has 0 saturated carbocycles. The minimum atomic E-state index is -3.89. The van der Waals surface area contributed by atoms with Crippen molar-refractivity contribution in [3.8, 4) is 5.75 Å². The van der Waals surface area contributed by atoms with Gasteiger partial charge in [-0.15, -0.1) is 4.63 Å². The van der Waals surface area contributed by atoms with Gasteiger partial charge in [-0.3, -0.25) is 5.32 Å². The summed E-state index contributed by atoms with van der Waals surface area (Å²) in [5.41, 5.74) is 0.0160. The lowest BCUT2D eigenvalue weighted by Gasteiger charge is -2.14. The third-order valence-electron chi connectivity index (χ3n) is 4.49. The first-order valence-corrected chi connectivity index (χ1v) is 10.6. The molecule has 2 aromatic heterocycles. The van der Waals surface area contributed by atoms with Gasteiger partial charge in [0.25, 0.3) is 5.82 Å². The number of para-hydroxylation sites is 1. The van der Waals surface area contributed by atoms with Crippen LogP contribution >= 0.6 is 0 Å². The predicted octanol–water partition coefficient (Wildman–Crippen LogP) is 2.69. The molecule has 162 valence electrons. The van der Waals surface area contributed by atoms with E-state index >= 15 is 0 Å². The van der Waals surface area contributed by atoms with Gasteiger partial charge in [0, 0.05) is 14.1 Å². The lowest BCUT2D eigenvalue weighted by atomic mass is 10.2. The number of aromatic amines is 1. The zero-order chi connectivity index (χ0) is 22.1. The van der Waals surface area contributed by atoms with Crippen molar-refractivity contribution in [1.82, 2.24) is 9.46 Å². The third-order valence-corrected chi connectivity index (χ3v) is 6.34. The zero-order valence-corrected chi connectivity index (χ0v) is 17.8. The van der Waals surface area contributed by atoms with E-state index in [1.165, 1.54) is 32.3 Å². The van der Waals surface area contributed by atoms with Crippen molar-refractivity contribution in [1.29, 1.82) is 0 Å². The fourth-order valence-corrected chi connectivity index (χ4v) is 3.82. The summed E-state index contributed by atoms with van der Waals surface area (Å²) < 4.78 is 36.4. The fourth-order valence-electron chi connectivity index (χ4n) is 2.82. The minimum Gasteiger partial charge on any atom is -0.503 e. The highest BCUT2D eigenvalue weighted by atomic mass is 32.2. The van der Waals surface area contributed by atoms with Crippen molar-refractivity contribution in [2.75, 3.05) is 24.7 Å². The van der Waals surface area contributed by atoms with Gasteiger partial charge in [-0.25, -0.2) is 12.7 Å². The van der Waals surface area contributed by atoms with Crippen LogP contribution in [-0.4, -0.2) is 37.1 Å². The van der Waals surface area contributed by atoms with Crippen molar-refractivity contribution >= 4 is 27.3 Å². The average molecular weight is 438 g/mol. The molecule has 1 atom stereocenters. The molecule has 2 heterocycles. The quantitative estimate of drug-likeness (QED) is 0.393. The first-order chi connectivity index (χ1) is 14.1. The molecule has 3 aromatic rings. The maximum absolute atomic E-state index is 12.4. The average Bonchev–Trinajstić information content (AvgIpc) is 3.27. The molecule has 30 heavy (non-hydrogen) atoms. The Bertz CT molecular complexity index is 1190. The highest BCUT2D eigenvalue weighted by Gasteiger charge is 2.28. The largest absolute Gasteiger partial charge is 0.503 e. The number of nitrogens with one attached hydrogen (secondary N) is 3. The van der Waals surface area contributed by atoms with Gasteiger partial charge in [-0.2, -0.15) is 0 Å². The molecule has 3 rings (SSSR count). The van der Waals surface area contributed by atoms with E-state index in [1.807, 2.05) is 26.0 Å². The van der Waals surface area contributed by atoms with Gasteiger partial charge in [-0.1, -0.05) is 18.1 Å². The first kappa shape index (κ1) is 21.5. The number of hydrogen-bond acceptors (Lipinski definition) is 8. The highest BCUT2D eigenvalue weighted by molar-refractivity contribution is 7.89. The number of aromatic nitrogens is 2. The predicted molar refractivity (Wildman–Crippen MR) is 109 cm³/mol. The van der Waals surface area contributed by atoms with Crippen LogP contribution in [0.25, 0.3) is 0 Å². The Hall–Kier alpha value is -3.25. The molecule has 12 heteroatoms. The molecule has 0 aliphatic heterocycles. The molecule has 0 amide bonds. The van der Waals surface area contributed by atoms with E-state index in [0.29, 0.717) is 12.2 Å². The number of furan rings is 1. The Labute approximate surface area is 172 Å². The van der Waals surface area contributed by atoms with Crippen LogP contribution in [0.2, 0.25) is 0 Å². The first-order valence-electron chi connectivity index (χ1n) is 9.14. The van der Waals surface area contributed by atoms with Crippen molar-refractivity contribution < 1.29 is 27.2 Å². The summed E-state index contributed by atoms with van der Waals surface area (Å²) in [5, 5.41) is 18.8. The van der Waals surface area contributed by atoms with E-state index in [2.05, 4.69) is 15.8 Å². The van der Waals surface area contributed by atoms with Crippen LogP contribution in [0, 0.1) is 11.8 Å². The van der Waals surface area contributed by atoms with E-state index < -0.39 is 15.8 Å². The lowest BCUT2D eigenvalue weighted by Crippen LogP contribution is -2.22. The molecular weight excluding hydrogens is 414 g/mol. The number of aryl methyl sites for hydroxylation is 1. The van der Waals surface area contributed by atoms with E-state index in [9.17, 15) is 18.4 Å². The topological polar surface area (TPSA) is 147 Å². The Morgan fingerprint density at radius 1 is 1.27 bits per heavy atom. The van der Waals surface area contributed by atoms with Crippen molar-refractivity contribution in [3.05, 3.63) is 46.8 Å². The van der Waals surface area contributed by atoms with Crippen LogP contribution in [0.1, 0.15) is 30.9 Å².